The summed E-state index contributed by atoms with van der Waals surface area (Å²) in [6, 6.07) is 0. The van der Waals surface area contributed by atoms with Crippen molar-refractivity contribution in [1.29, 1.82) is 0 Å². The molecule has 0 radical (unpaired) electrons. The minimum Gasteiger partial charge on any atom is -0.371 e. The van der Waals surface area contributed by atoms with Gasteiger partial charge in [0.2, 0.25) is 0 Å². The molecule has 0 bridgehead atoms. The van der Waals surface area contributed by atoms with Gasteiger partial charge in [0, 0.05) is 7.05 Å². The number of ether oxygens (including phenoxy) is 1. The van der Waals surface area contributed by atoms with E-state index in [1.807, 2.05) is 18.7 Å². The van der Waals surface area contributed by atoms with Gasteiger partial charge in [-0.2, -0.15) is 5.10 Å². The monoisotopic (exact) mass is 244 g/mol. The van der Waals surface area contributed by atoms with Crippen LogP contribution in [0.4, 0.5) is 0 Å². The third kappa shape index (κ3) is 2.42. The molecule has 13 heavy (non-hydrogen) atoms. The molecule has 1 rings (SSSR count). The Balaban J connectivity index is 2.69. The highest BCUT2D eigenvalue weighted by atomic mass is 79.9. The molecule has 0 atom stereocenters. The van der Waals surface area contributed by atoms with Gasteiger partial charge in [0.15, 0.2) is 0 Å². The van der Waals surface area contributed by atoms with Crippen LogP contribution in [0.15, 0.2) is 17.1 Å². The van der Waals surface area contributed by atoms with E-state index < -0.39 is 0 Å². The van der Waals surface area contributed by atoms with E-state index in [-0.39, 0.29) is 0 Å². The molecule has 0 aromatic carbocycles. The van der Waals surface area contributed by atoms with Crippen LogP contribution in [-0.2, 0) is 18.4 Å². The number of rotatable bonds is 4. The normalized spacial score (nSPS) is 10.4. The summed E-state index contributed by atoms with van der Waals surface area (Å²) in [7, 11) is 1.91. The second-order valence-electron chi connectivity index (χ2n) is 2.77. The van der Waals surface area contributed by atoms with E-state index in [2.05, 4.69) is 27.6 Å². The largest absolute Gasteiger partial charge is 0.371 e. The Morgan fingerprint density at radius 3 is 2.85 bits per heavy atom. The average Bonchev–Trinajstić information content (AvgIpc) is 2.32. The van der Waals surface area contributed by atoms with Gasteiger partial charge >= 0.3 is 0 Å². The van der Waals surface area contributed by atoms with Gasteiger partial charge in [0.05, 0.1) is 29.1 Å². The lowest BCUT2D eigenvalue weighted by atomic mass is 10.4. The molecule has 0 unspecified atom stereocenters. The molecule has 0 amide bonds. The highest BCUT2D eigenvalue weighted by Gasteiger charge is 2.09. The Labute approximate surface area is 86.5 Å². The standard InChI is InChI=1S/C9H13BrN2O/c1-4-5-13-6-8-9(10)7(2)11-12(8)3/h4H,1,5-6H2,2-3H3. The number of aryl methyl sites for hydroxylation is 2. The van der Waals surface area contributed by atoms with Gasteiger partial charge < -0.3 is 4.74 Å². The van der Waals surface area contributed by atoms with E-state index in [1.165, 1.54) is 0 Å². The van der Waals surface area contributed by atoms with E-state index in [0.29, 0.717) is 13.2 Å². The minimum absolute atomic E-state index is 0.559. The first-order valence-corrected chi connectivity index (χ1v) is 4.82. The van der Waals surface area contributed by atoms with Crippen LogP contribution >= 0.6 is 15.9 Å². The second-order valence-corrected chi connectivity index (χ2v) is 3.57. The van der Waals surface area contributed by atoms with Crippen molar-refractivity contribution in [3.63, 3.8) is 0 Å². The minimum atomic E-state index is 0.559. The molecular weight excluding hydrogens is 232 g/mol. The summed E-state index contributed by atoms with van der Waals surface area (Å²) < 4.78 is 8.18. The molecule has 0 spiro atoms. The molecule has 0 saturated carbocycles. The maximum atomic E-state index is 5.33. The van der Waals surface area contributed by atoms with Gasteiger partial charge in [-0.1, -0.05) is 6.08 Å². The van der Waals surface area contributed by atoms with Crippen molar-refractivity contribution in [2.24, 2.45) is 7.05 Å². The van der Waals surface area contributed by atoms with Crippen LogP contribution in [0.5, 0.6) is 0 Å². The topological polar surface area (TPSA) is 27.1 Å². The van der Waals surface area contributed by atoms with Crippen molar-refractivity contribution in [2.45, 2.75) is 13.5 Å². The molecule has 0 aliphatic heterocycles. The fraction of sp³-hybridized carbons (Fsp3) is 0.444. The van der Waals surface area contributed by atoms with E-state index >= 15 is 0 Å². The number of halogens is 1. The van der Waals surface area contributed by atoms with Crippen LogP contribution in [0.3, 0.4) is 0 Å². The first-order valence-electron chi connectivity index (χ1n) is 4.03. The van der Waals surface area contributed by atoms with Gasteiger partial charge in [-0.05, 0) is 22.9 Å². The number of aromatic nitrogens is 2. The molecule has 1 heterocycles. The molecule has 0 fully saturated rings. The molecular formula is C9H13BrN2O. The first-order chi connectivity index (χ1) is 6.16. The number of nitrogens with zero attached hydrogens (tertiary/aromatic N) is 2. The molecule has 72 valence electrons. The lowest BCUT2D eigenvalue weighted by Gasteiger charge is -2.02. The molecule has 1 aromatic rings. The Morgan fingerprint density at radius 2 is 2.38 bits per heavy atom. The van der Waals surface area contributed by atoms with Gasteiger partial charge in [-0.25, -0.2) is 0 Å². The lowest BCUT2D eigenvalue weighted by Crippen LogP contribution is -2.01. The number of hydrogen-bond donors (Lipinski definition) is 0. The predicted molar refractivity (Wildman–Crippen MR) is 55.5 cm³/mol. The maximum Gasteiger partial charge on any atom is 0.0900 e. The third-order valence-corrected chi connectivity index (χ3v) is 2.77. The van der Waals surface area contributed by atoms with Crippen LogP contribution in [-0.4, -0.2) is 16.4 Å². The van der Waals surface area contributed by atoms with Crippen LogP contribution in [0.25, 0.3) is 0 Å². The summed E-state index contributed by atoms with van der Waals surface area (Å²) >= 11 is 3.46. The van der Waals surface area contributed by atoms with Crippen molar-refractivity contribution in [3.8, 4) is 0 Å². The summed E-state index contributed by atoms with van der Waals surface area (Å²) in [6.07, 6.45) is 1.73. The molecule has 0 aliphatic carbocycles. The Bertz CT molecular complexity index is 307. The Hall–Kier alpha value is -0.610. The summed E-state index contributed by atoms with van der Waals surface area (Å²) in [5.41, 5.74) is 2.04. The molecule has 0 aliphatic rings. The molecule has 0 saturated heterocycles. The first kappa shape index (κ1) is 10.5. The van der Waals surface area contributed by atoms with Crippen molar-refractivity contribution in [2.75, 3.05) is 6.61 Å². The second kappa shape index (κ2) is 4.58. The van der Waals surface area contributed by atoms with Crippen molar-refractivity contribution in [3.05, 3.63) is 28.5 Å². The average molecular weight is 245 g/mol. The predicted octanol–water partition coefficient (Wildman–Crippen LogP) is 2.19. The Kier molecular flexibility index (Phi) is 3.69. The smallest absolute Gasteiger partial charge is 0.0900 e. The summed E-state index contributed by atoms with van der Waals surface area (Å²) in [5.74, 6) is 0. The Morgan fingerprint density at radius 1 is 1.69 bits per heavy atom. The van der Waals surface area contributed by atoms with Gasteiger partial charge in [-0.3, -0.25) is 4.68 Å². The van der Waals surface area contributed by atoms with Gasteiger partial charge in [0.1, 0.15) is 0 Å². The SMILES string of the molecule is C=CCOCc1c(Br)c(C)nn1C. The van der Waals surface area contributed by atoms with Gasteiger partial charge in [-0.15, -0.1) is 6.58 Å². The molecule has 4 heteroatoms. The zero-order valence-corrected chi connectivity index (χ0v) is 9.47. The van der Waals surface area contributed by atoms with Gasteiger partial charge in [0.25, 0.3) is 0 Å². The van der Waals surface area contributed by atoms with Crippen LogP contribution < -0.4 is 0 Å². The zero-order chi connectivity index (χ0) is 9.84. The van der Waals surface area contributed by atoms with E-state index in [0.717, 1.165) is 15.9 Å². The highest BCUT2D eigenvalue weighted by molar-refractivity contribution is 9.10. The van der Waals surface area contributed by atoms with Crippen molar-refractivity contribution >= 4 is 15.9 Å². The fourth-order valence-corrected chi connectivity index (χ4v) is 1.53. The maximum absolute atomic E-state index is 5.33. The van der Waals surface area contributed by atoms with E-state index in [1.54, 1.807) is 6.08 Å². The summed E-state index contributed by atoms with van der Waals surface area (Å²) in [5, 5.41) is 4.25. The number of hydrogen-bond acceptors (Lipinski definition) is 2. The van der Waals surface area contributed by atoms with Crippen LogP contribution in [0, 0.1) is 6.92 Å². The zero-order valence-electron chi connectivity index (χ0n) is 7.88. The summed E-state index contributed by atoms with van der Waals surface area (Å²) in [4.78, 5) is 0. The molecule has 0 N–H and O–H groups in total. The van der Waals surface area contributed by atoms with Crippen molar-refractivity contribution < 1.29 is 4.74 Å². The quantitative estimate of drug-likeness (QED) is 0.600. The van der Waals surface area contributed by atoms with Crippen molar-refractivity contribution in [1.82, 2.24) is 9.78 Å². The van der Waals surface area contributed by atoms with E-state index in [4.69, 9.17) is 4.74 Å². The molecule has 1 aromatic heterocycles. The third-order valence-electron chi connectivity index (χ3n) is 1.74. The van der Waals surface area contributed by atoms with Crippen LogP contribution in [0.2, 0.25) is 0 Å². The summed E-state index contributed by atoms with van der Waals surface area (Å²) in [6.45, 7) is 6.67. The van der Waals surface area contributed by atoms with Crippen LogP contribution in [0.1, 0.15) is 11.4 Å². The molecule has 3 nitrogen and oxygen atoms in total. The van der Waals surface area contributed by atoms with E-state index in [9.17, 15) is 0 Å². The fourth-order valence-electron chi connectivity index (χ4n) is 1.08. The highest BCUT2D eigenvalue weighted by Crippen LogP contribution is 2.20. The lowest BCUT2D eigenvalue weighted by molar-refractivity contribution is 0.142.